The summed E-state index contributed by atoms with van der Waals surface area (Å²) < 4.78 is 2.05. The van der Waals surface area contributed by atoms with E-state index in [4.69, 9.17) is 5.10 Å². The molecule has 0 bridgehead atoms. The van der Waals surface area contributed by atoms with Gasteiger partial charge in [-0.3, -0.25) is 4.68 Å². The van der Waals surface area contributed by atoms with Gasteiger partial charge in [0.05, 0.1) is 24.5 Å². The molecule has 2 aliphatic rings. The van der Waals surface area contributed by atoms with E-state index in [0.717, 1.165) is 37.6 Å². The Morgan fingerprint density at radius 3 is 2.71 bits per heavy atom. The molecule has 134 valence electrons. The minimum absolute atomic E-state index is 0.0739. The standard InChI is InChI=1S/C17H30N6O/c1-4-21-7-5-14(6-8-21)18-12-15-11-16-13-22(17(24)20(2)3)9-10-23(16)19-15/h11,14,18H,4-10,12-13H2,1-3H3. The number of urea groups is 1. The summed E-state index contributed by atoms with van der Waals surface area (Å²) in [5, 5.41) is 8.35. The summed E-state index contributed by atoms with van der Waals surface area (Å²) in [5.41, 5.74) is 2.22. The Morgan fingerprint density at radius 2 is 2.04 bits per heavy atom. The zero-order valence-electron chi connectivity index (χ0n) is 15.2. The van der Waals surface area contributed by atoms with Gasteiger partial charge < -0.3 is 20.0 Å². The van der Waals surface area contributed by atoms with Crippen LogP contribution in [0.15, 0.2) is 6.07 Å². The minimum Gasteiger partial charge on any atom is -0.331 e. The van der Waals surface area contributed by atoms with E-state index in [1.54, 1.807) is 19.0 Å². The van der Waals surface area contributed by atoms with Gasteiger partial charge in [-0.1, -0.05) is 6.92 Å². The molecule has 0 unspecified atom stereocenters. The number of nitrogens with one attached hydrogen (secondary N) is 1. The zero-order valence-corrected chi connectivity index (χ0v) is 15.2. The molecule has 2 amide bonds. The smallest absolute Gasteiger partial charge is 0.319 e. The van der Waals surface area contributed by atoms with Crippen LogP contribution in [0.2, 0.25) is 0 Å². The molecule has 0 aromatic carbocycles. The first kappa shape index (κ1) is 17.2. The molecule has 1 fully saturated rings. The van der Waals surface area contributed by atoms with E-state index >= 15 is 0 Å². The summed E-state index contributed by atoms with van der Waals surface area (Å²) in [4.78, 5) is 18.1. The molecule has 1 saturated heterocycles. The number of carbonyl (C=O) groups excluding carboxylic acids is 1. The highest BCUT2D eigenvalue weighted by Gasteiger charge is 2.23. The number of carbonyl (C=O) groups is 1. The molecule has 0 radical (unpaired) electrons. The molecule has 0 atom stereocenters. The Hall–Kier alpha value is -1.60. The number of piperidine rings is 1. The van der Waals surface area contributed by atoms with Gasteiger partial charge in [-0.05, 0) is 38.5 Å². The Morgan fingerprint density at radius 1 is 1.29 bits per heavy atom. The van der Waals surface area contributed by atoms with Crippen molar-refractivity contribution in [1.82, 2.24) is 29.8 Å². The maximum atomic E-state index is 12.1. The third-order valence-corrected chi connectivity index (χ3v) is 5.11. The van der Waals surface area contributed by atoms with Gasteiger partial charge in [-0.2, -0.15) is 5.10 Å². The van der Waals surface area contributed by atoms with E-state index in [1.165, 1.54) is 25.9 Å². The fourth-order valence-corrected chi connectivity index (χ4v) is 3.56. The normalized spacial score (nSPS) is 19.4. The van der Waals surface area contributed by atoms with Gasteiger partial charge in [0.2, 0.25) is 0 Å². The van der Waals surface area contributed by atoms with Crippen molar-refractivity contribution >= 4 is 6.03 Å². The molecule has 24 heavy (non-hydrogen) atoms. The lowest BCUT2D eigenvalue weighted by Crippen LogP contribution is -2.43. The monoisotopic (exact) mass is 334 g/mol. The van der Waals surface area contributed by atoms with E-state index in [0.29, 0.717) is 12.6 Å². The quantitative estimate of drug-likeness (QED) is 0.891. The number of hydrogen-bond donors (Lipinski definition) is 1. The van der Waals surface area contributed by atoms with Crippen molar-refractivity contribution in [1.29, 1.82) is 0 Å². The molecule has 1 aromatic heterocycles. The van der Waals surface area contributed by atoms with Crippen molar-refractivity contribution in [3.05, 3.63) is 17.5 Å². The third-order valence-electron chi connectivity index (χ3n) is 5.11. The SMILES string of the molecule is CCN1CCC(NCc2cc3n(n2)CCN(C(=O)N(C)C)C3)CC1. The first-order valence-corrected chi connectivity index (χ1v) is 9.04. The largest absolute Gasteiger partial charge is 0.331 e. The molecule has 2 aliphatic heterocycles. The number of rotatable bonds is 4. The Labute approximate surface area is 144 Å². The highest BCUT2D eigenvalue weighted by atomic mass is 16.2. The summed E-state index contributed by atoms with van der Waals surface area (Å²) in [6.45, 7) is 8.75. The number of hydrogen-bond acceptors (Lipinski definition) is 4. The predicted molar refractivity (Wildman–Crippen MR) is 93.7 cm³/mol. The van der Waals surface area contributed by atoms with Crippen molar-refractivity contribution in [2.24, 2.45) is 0 Å². The fourth-order valence-electron chi connectivity index (χ4n) is 3.56. The van der Waals surface area contributed by atoms with E-state index in [9.17, 15) is 4.79 Å². The minimum atomic E-state index is 0.0739. The van der Waals surface area contributed by atoms with Crippen LogP contribution in [0.5, 0.6) is 0 Å². The van der Waals surface area contributed by atoms with Crippen LogP contribution in [0, 0.1) is 0 Å². The van der Waals surface area contributed by atoms with E-state index < -0.39 is 0 Å². The van der Waals surface area contributed by atoms with Crippen LogP contribution in [0.3, 0.4) is 0 Å². The second-order valence-electron chi connectivity index (χ2n) is 7.04. The fraction of sp³-hybridized carbons (Fsp3) is 0.765. The van der Waals surface area contributed by atoms with Crippen molar-refractivity contribution < 1.29 is 4.79 Å². The average Bonchev–Trinajstić information content (AvgIpc) is 3.01. The van der Waals surface area contributed by atoms with Crippen LogP contribution < -0.4 is 5.32 Å². The molecule has 7 heteroatoms. The first-order chi connectivity index (χ1) is 11.6. The van der Waals surface area contributed by atoms with E-state index in [2.05, 4.69) is 27.9 Å². The number of aromatic nitrogens is 2. The summed E-state index contributed by atoms with van der Waals surface area (Å²) >= 11 is 0. The molecule has 1 N–H and O–H groups in total. The lowest BCUT2D eigenvalue weighted by atomic mass is 10.1. The highest BCUT2D eigenvalue weighted by molar-refractivity contribution is 5.73. The van der Waals surface area contributed by atoms with Crippen LogP contribution in [-0.2, 0) is 19.6 Å². The molecule has 7 nitrogen and oxygen atoms in total. The summed E-state index contributed by atoms with van der Waals surface area (Å²) in [5.74, 6) is 0. The number of likely N-dealkylation sites (tertiary alicyclic amines) is 1. The molecular formula is C17H30N6O. The summed E-state index contributed by atoms with van der Waals surface area (Å²) in [6.07, 6.45) is 2.43. The van der Waals surface area contributed by atoms with Gasteiger partial charge in [0.15, 0.2) is 0 Å². The maximum absolute atomic E-state index is 12.1. The summed E-state index contributed by atoms with van der Waals surface area (Å²) in [6, 6.07) is 2.81. The number of amides is 2. The number of fused-ring (bicyclic) bond motifs is 1. The molecule has 0 aliphatic carbocycles. The molecule has 3 heterocycles. The van der Waals surface area contributed by atoms with E-state index in [1.807, 2.05) is 4.90 Å². The van der Waals surface area contributed by atoms with Crippen LogP contribution in [-0.4, -0.2) is 76.8 Å². The Kier molecular flexibility index (Phi) is 5.40. The summed E-state index contributed by atoms with van der Waals surface area (Å²) in [7, 11) is 3.60. The Bertz CT molecular complexity index is 561. The molecular weight excluding hydrogens is 304 g/mol. The van der Waals surface area contributed by atoms with Crippen molar-refractivity contribution in [3.63, 3.8) is 0 Å². The molecule has 1 aromatic rings. The van der Waals surface area contributed by atoms with Gasteiger partial charge in [0.25, 0.3) is 0 Å². The third kappa shape index (κ3) is 3.89. The van der Waals surface area contributed by atoms with Gasteiger partial charge in [0.1, 0.15) is 0 Å². The van der Waals surface area contributed by atoms with Crippen LogP contribution in [0.4, 0.5) is 4.79 Å². The zero-order chi connectivity index (χ0) is 17.1. The van der Waals surface area contributed by atoms with Gasteiger partial charge in [0, 0.05) is 33.2 Å². The van der Waals surface area contributed by atoms with Gasteiger partial charge in [-0.25, -0.2) is 4.79 Å². The number of nitrogens with zero attached hydrogens (tertiary/aromatic N) is 5. The average molecular weight is 334 g/mol. The first-order valence-electron chi connectivity index (χ1n) is 9.04. The van der Waals surface area contributed by atoms with E-state index in [-0.39, 0.29) is 6.03 Å². The Balaban J connectivity index is 1.52. The topological polar surface area (TPSA) is 56.6 Å². The van der Waals surface area contributed by atoms with Crippen LogP contribution in [0.1, 0.15) is 31.2 Å². The van der Waals surface area contributed by atoms with Crippen molar-refractivity contribution in [2.45, 2.75) is 45.4 Å². The van der Waals surface area contributed by atoms with Crippen LogP contribution in [0.25, 0.3) is 0 Å². The van der Waals surface area contributed by atoms with Gasteiger partial charge >= 0.3 is 6.03 Å². The lowest BCUT2D eigenvalue weighted by molar-refractivity contribution is 0.155. The second-order valence-corrected chi connectivity index (χ2v) is 7.04. The molecule has 0 spiro atoms. The van der Waals surface area contributed by atoms with Gasteiger partial charge in [-0.15, -0.1) is 0 Å². The second kappa shape index (κ2) is 7.53. The van der Waals surface area contributed by atoms with Crippen molar-refractivity contribution in [2.75, 3.05) is 40.3 Å². The lowest BCUT2D eigenvalue weighted by Gasteiger charge is -2.31. The molecule has 3 rings (SSSR count). The predicted octanol–water partition coefficient (Wildman–Crippen LogP) is 0.954. The maximum Gasteiger partial charge on any atom is 0.319 e. The van der Waals surface area contributed by atoms with Crippen molar-refractivity contribution in [3.8, 4) is 0 Å². The molecule has 0 saturated carbocycles. The van der Waals surface area contributed by atoms with Crippen LogP contribution >= 0.6 is 0 Å². The highest BCUT2D eigenvalue weighted by Crippen LogP contribution is 2.16.